The van der Waals surface area contributed by atoms with Gasteiger partial charge >= 0.3 is 5.97 Å². The summed E-state index contributed by atoms with van der Waals surface area (Å²) < 4.78 is 5.57. The van der Waals surface area contributed by atoms with E-state index in [1.54, 1.807) is 0 Å². The number of hydrogen-bond donors (Lipinski definition) is 1. The minimum Gasteiger partial charge on any atom is -0.426 e. The average molecular weight is 358 g/mol. The zero-order chi connectivity index (χ0) is 17.7. The number of hydrogen-bond acceptors (Lipinski definition) is 3. The summed E-state index contributed by atoms with van der Waals surface area (Å²) in [5.41, 5.74) is 0. The van der Waals surface area contributed by atoms with Crippen molar-refractivity contribution in [3.63, 3.8) is 0 Å². The number of carbonyl (C=O) groups is 1. The van der Waals surface area contributed by atoms with Crippen LogP contribution in [0.15, 0.2) is 42.5 Å². The number of rotatable bonds is 12. The Hall–Kier alpha value is -1.87. The van der Waals surface area contributed by atoms with Gasteiger partial charge in [0.1, 0.15) is 5.75 Å². The van der Waals surface area contributed by atoms with Crippen molar-refractivity contribution in [1.29, 1.82) is 0 Å². The van der Waals surface area contributed by atoms with E-state index in [1.165, 1.54) is 51.4 Å². The fourth-order valence-corrected chi connectivity index (χ4v) is 3.22. The Bertz CT molecular complexity index is 634. The second-order valence-electron chi connectivity index (χ2n) is 6.88. The van der Waals surface area contributed by atoms with Crippen LogP contribution in [-0.2, 0) is 4.79 Å². The molecule has 2 aromatic rings. The lowest BCUT2D eigenvalue weighted by molar-refractivity contribution is -0.134. The molecule has 0 heterocycles. The molecule has 0 aliphatic carbocycles. The van der Waals surface area contributed by atoms with E-state index in [-0.39, 0.29) is 12.1 Å². The summed E-state index contributed by atoms with van der Waals surface area (Å²) in [6.45, 7) is 2.26. The van der Waals surface area contributed by atoms with E-state index in [4.69, 9.17) is 4.74 Å². The number of esters is 1. The molecule has 2 aromatic carbocycles. The predicted molar refractivity (Wildman–Crippen MR) is 111 cm³/mol. The zero-order valence-corrected chi connectivity index (χ0v) is 16.3. The fourth-order valence-electron chi connectivity index (χ4n) is 3.22. The van der Waals surface area contributed by atoms with Crippen LogP contribution in [-0.4, -0.2) is 5.97 Å². The first-order valence-corrected chi connectivity index (χ1v) is 9.99. The summed E-state index contributed by atoms with van der Waals surface area (Å²) in [4.78, 5) is 12.1. The lowest BCUT2D eigenvalue weighted by atomic mass is 10.1. The third-order valence-electron chi connectivity index (χ3n) is 4.71. The zero-order valence-electron chi connectivity index (χ0n) is 16.3. The predicted octanol–water partition coefficient (Wildman–Crippen LogP) is 7.22. The molecule has 144 valence electrons. The third kappa shape index (κ3) is 8.01. The molecule has 0 saturated carbocycles. The molecule has 2 rings (SSSR count). The Balaban J connectivity index is 0.00000338. The summed E-state index contributed by atoms with van der Waals surface area (Å²) in [5, 5.41) is 2.10. The molecule has 0 amide bonds. The molecule has 0 unspecified atom stereocenters. The lowest BCUT2D eigenvalue weighted by Gasteiger charge is -2.07. The summed E-state index contributed by atoms with van der Waals surface area (Å²) in [6.07, 6.45) is 13.3. The molecule has 0 bridgehead atoms. The number of benzene rings is 2. The normalized spacial score (nSPS) is 10.5. The molecular weight excluding hydrogens is 322 g/mol. The van der Waals surface area contributed by atoms with Crippen LogP contribution in [0.1, 0.15) is 77.6 Å². The molecule has 3 N–H and O–H groups in total. The second-order valence-corrected chi connectivity index (χ2v) is 6.88. The van der Waals surface area contributed by atoms with E-state index in [0.717, 1.165) is 23.6 Å². The quantitative estimate of drug-likeness (QED) is 0.248. The minimum atomic E-state index is -0.115. The van der Waals surface area contributed by atoms with E-state index >= 15 is 0 Å². The van der Waals surface area contributed by atoms with E-state index < -0.39 is 0 Å². The van der Waals surface area contributed by atoms with Gasteiger partial charge in [0.15, 0.2) is 0 Å². The van der Waals surface area contributed by atoms with Crippen molar-refractivity contribution >= 4 is 16.7 Å². The topological polar surface area (TPSA) is 61.3 Å². The molecule has 3 heteroatoms. The highest BCUT2D eigenvalue weighted by Gasteiger charge is 2.07. The maximum Gasteiger partial charge on any atom is 0.311 e. The van der Waals surface area contributed by atoms with Gasteiger partial charge in [-0.2, -0.15) is 0 Å². The van der Waals surface area contributed by atoms with Crippen molar-refractivity contribution in [2.45, 2.75) is 77.6 Å². The standard InChI is InChI=1S/C23H32O2.H3N/c1-2-3-4-5-6-7-8-9-10-11-19-23(24)25-22-18-14-16-20-15-12-13-17-21(20)22;/h12-18H,2-11,19H2,1H3;1H3. The van der Waals surface area contributed by atoms with Crippen LogP contribution in [0.25, 0.3) is 10.8 Å². The average Bonchev–Trinajstić information content (AvgIpc) is 2.63. The van der Waals surface area contributed by atoms with Crippen LogP contribution in [0.2, 0.25) is 0 Å². The van der Waals surface area contributed by atoms with Crippen LogP contribution < -0.4 is 10.9 Å². The highest BCUT2D eigenvalue weighted by Crippen LogP contribution is 2.25. The number of ether oxygens (including phenoxy) is 1. The maximum atomic E-state index is 12.1. The van der Waals surface area contributed by atoms with Gasteiger partial charge in [0.25, 0.3) is 0 Å². The Labute approximate surface area is 158 Å². The minimum absolute atomic E-state index is 0. The van der Waals surface area contributed by atoms with Gasteiger partial charge in [-0.05, 0) is 17.9 Å². The third-order valence-corrected chi connectivity index (χ3v) is 4.71. The SMILES string of the molecule is CCCCCCCCCCCCC(=O)Oc1cccc2ccccc12.N. The van der Waals surface area contributed by atoms with E-state index in [9.17, 15) is 4.79 Å². The van der Waals surface area contributed by atoms with Gasteiger partial charge in [-0.25, -0.2) is 0 Å². The molecular formula is C23H35NO2. The van der Waals surface area contributed by atoms with Gasteiger partial charge in [-0.3, -0.25) is 4.79 Å². The van der Waals surface area contributed by atoms with Crippen molar-refractivity contribution < 1.29 is 9.53 Å². The van der Waals surface area contributed by atoms with Gasteiger partial charge < -0.3 is 10.9 Å². The molecule has 0 spiro atoms. The summed E-state index contributed by atoms with van der Waals surface area (Å²) in [5.74, 6) is 0.561. The van der Waals surface area contributed by atoms with Crippen LogP contribution in [0.4, 0.5) is 0 Å². The molecule has 0 aromatic heterocycles. The molecule has 0 aliphatic rings. The van der Waals surface area contributed by atoms with Crippen molar-refractivity contribution in [3.8, 4) is 5.75 Å². The van der Waals surface area contributed by atoms with Gasteiger partial charge in [0.05, 0.1) is 0 Å². The van der Waals surface area contributed by atoms with E-state index in [2.05, 4.69) is 6.92 Å². The first-order valence-electron chi connectivity index (χ1n) is 9.99. The highest BCUT2D eigenvalue weighted by atomic mass is 16.5. The summed E-state index contributed by atoms with van der Waals surface area (Å²) in [7, 11) is 0. The number of unbranched alkanes of at least 4 members (excludes halogenated alkanes) is 9. The van der Waals surface area contributed by atoms with Crippen molar-refractivity contribution in [1.82, 2.24) is 6.15 Å². The van der Waals surface area contributed by atoms with Crippen LogP contribution in [0, 0.1) is 0 Å². The van der Waals surface area contributed by atoms with Crippen LogP contribution in [0.3, 0.4) is 0 Å². The smallest absolute Gasteiger partial charge is 0.311 e. The molecule has 0 saturated heterocycles. The Morgan fingerprint density at radius 3 is 2.04 bits per heavy atom. The van der Waals surface area contributed by atoms with Crippen molar-refractivity contribution in [2.24, 2.45) is 0 Å². The van der Waals surface area contributed by atoms with E-state index in [1.807, 2.05) is 42.5 Å². The Morgan fingerprint density at radius 1 is 0.769 bits per heavy atom. The molecule has 0 aliphatic heterocycles. The van der Waals surface area contributed by atoms with Gasteiger partial charge in [-0.1, -0.05) is 101 Å². The fraction of sp³-hybridized carbons (Fsp3) is 0.522. The molecule has 0 fully saturated rings. The number of carbonyl (C=O) groups excluding carboxylic acids is 1. The monoisotopic (exact) mass is 357 g/mol. The molecule has 26 heavy (non-hydrogen) atoms. The number of fused-ring (bicyclic) bond motifs is 1. The Kier molecular flexibility index (Phi) is 11.4. The van der Waals surface area contributed by atoms with Crippen LogP contribution >= 0.6 is 0 Å². The molecule has 3 nitrogen and oxygen atoms in total. The lowest BCUT2D eigenvalue weighted by Crippen LogP contribution is -2.07. The van der Waals surface area contributed by atoms with Crippen molar-refractivity contribution in [3.05, 3.63) is 42.5 Å². The first-order chi connectivity index (χ1) is 12.3. The maximum absolute atomic E-state index is 12.1. The molecule has 0 radical (unpaired) electrons. The highest BCUT2D eigenvalue weighted by molar-refractivity contribution is 5.90. The summed E-state index contributed by atoms with van der Waals surface area (Å²) in [6, 6.07) is 13.9. The van der Waals surface area contributed by atoms with Gasteiger partial charge in [0, 0.05) is 11.8 Å². The second kappa shape index (κ2) is 13.3. The largest absolute Gasteiger partial charge is 0.426 e. The van der Waals surface area contributed by atoms with Gasteiger partial charge in [-0.15, -0.1) is 0 Å². The van der Waals surface area contributed by atoms with E-state index in [0.29, 0.717) is 12.2 Å². The Morgan fingerprint density at radius 2 is 1.35 bits per heavy atom. The van der Waals surface area contributed by atoms with Crippen LogP contribution in [0.5, 0.6) is 5.75 Å². The summed E-state index contributed by atoms with van der Waals surface area (Å²) >= 11 is 0. The molecule has 0 atom stereocenters. The first kappa shape index (κ1) is 22.2. The van der Waals surface area contributed by atoms with Crippen molar-refractivity contribution in [2.75, 3.05) is 0 Å². The van der Waals surface area contributed by atoms with Gasteiger partial charge in [0.2, 0.25) is 0 Å².